The Balaban J connectivity index is 1.87. The average Bonchev–Trinajstić information content (AvgIpc) is 2.76. The SMILES string of the molecule is CC(CS(C)(=O)=O)NC1CCCc2c1[nH]c1ccccc21. The zero-order valence-electron chi connectivity index (χ0n) is 12.5. The first-order valence-corrected chi connectivity index (χ1v) is 9.53. The van der Waals surface area contributed by atoms with Crippen molar-refractivity contribution in [1.29, 1.82) is 0 Å². The first-order valence-electron chi connectivity index (χ1n) is 7.47. The fraction of sp³-hybridized carbons (Fsp3) is 0.500. The van der Waals surface area contributed by atoms with E-state index in [9.17, 15) is 8.42 Å². The van der Waals surface area contributed by atoms with Gasteiger partial charge in [-0.25, -0.2) is 8.42 Å². The minimum absolute atomic E-state index is 0.0395. The highest BCUT2D eigenvalue weighted by molar-refractivity contribution is 7.90. The van der Waals surface area contributed by atoms with Crippen molar-refractivity contribution in [2.75, 3.05) is 12.0 Å². The molecule has 0 radical (unpaired) electrons. The lowest BCUT2D eigenvalue weighted by Crippen LogP contribution is -2.37. The number of fused-ring (bicyclic) bond motifs is 3. The van der Waals surface area contributed by atoms with E-state index in [1.165, 1.54) is 28.4 Å². The molecular formula is C16H22N2O2S. The Bertz CT molecular complexity index is 749. The summed E-state index contributed by atoms with van der Waals surface area (Å²) in [6.07, 6.45) is 4.57. The van der Waals surface area contributed by atoms with Gasteiger partial charge < -0.3 is 10.3 Å². The van der Waals surface area contributed by atoms with Crippen LogP contribution in [-0.4, -0.2) is 31.5 Å². The van der Waals surface area contributed by atoms with Crippen molar-refractivity contribution < 1.29 is 8.42 Å². The smallest absolute Gasteiger partial charge is 0.148 e. The molecule has 2 atom stereocenters. The molecule has 21 heavy (non-hydrogen) atoms. The zero-order valence-corrected chi connectivity index (χ0v) is 13.3. The highest BCUT2D eigenvalue weighted by Gasteiger charge is 2.25. The van der Waals surface area contributed by atoms with E-state index in [0.29, 0.717) is 0 Å². The molecule has 2 unspecified atom stereocenters. The minimum atomic E-state index is -2.95. The number of nitrogens with one attached hydrogen (secondary N) is 2. The van der Waals surface area contributed by atoms with Crippen LogP contribution in [0.5, 0.6) is 0 Å². The summed E-state index contributed by atoms with van der Waals surface area (Å²) in [6, 6.07) is 8.55. The number of hydrogen-bond acceptors (Lipinski definition) is 3. The quantitative estimate of drug-likeness (QED) is 0.912. The van der Waals surface area contributed by atoms with Gasteiger partial charge in [0.1, 0.15) is 9.84 Å². The maximum absolute atomic E-state index is 11.4. The van der Waals surface area contributed by atoms with E-state index in [-0.39, 0.29) is 17.8 Å². The second-order valence-electron chi connectivity index (χ2n) is 6.17. The molecule has 0 fully saturated rings. The van der Waals surface area contributed by atoms with E-state index in [2.05, 4.69) is 28.5 Å². The first-order chi connectivity index (χ1) is 9.94. The third-order valence-electron chi connectivity index (χ3n) is 4.15. The third-order valence-corrected chi connectivity index (χ3v) is 5.26. The molecule has 0 bridgehead atoms. The standard InChI is InChI=1S/C16H22N2O2S/c1-11(10-21(2,19)20)17-15-9-5-7-13-12-6-3-4-8-14(12)18-16(13)15/h3-4,6,8,11,15,17-18H,5,7,9-10H2,1-2H3. The molecule has 0 saturated carbocycles. The van der Waals surface area contributed by atoms with Crippen molar-refractivity contribution in [3.63, 3.8) is 0 Å². The van der Waals surface area contributed by atoms with Crippen molar-refractivity contribution in [2.45, 2.75) is 38.3 Å². The Labute approximate surface area is 125 Å². The van der Waals surface area contributed by atoms with Gasteiger partial charge in [-0.15, -0.1) is 0 Å². The predicted octanol–water partition coefficient (Wildman–Crippen LogP) is 2.57. The predicted molar refractivity (Wildman–Crippen MR) is 86.3 cm³/mol. The lowest BCUT2D eigenvalue weighted by molar-refractivity contribution is 0.417. The van der Waals surface area contributed by atoms with Crippen molar-refractivity contribution in [2.24, 2.45) is 0 Å². The van der Waals surface area contributed by atoms with E-state index in [0.717, 1.165) is 19.3 Å². The summed E-state index contributed by atoms with van der Waals surface area (Å²) in [4.78, 5) is 3.52. The van der Waals surface area contributed by atoms with Gasteiger partial charge in [0.05, 0.1) is 5.75 Å². The lowest BCUT2D eigenvalue weighted by Gasteiger charge is -2.27. The fourth-order valence-corrected chi connectivity index (χ4v) is 4.43. The Morgan fingerprint density at radius 2 is 2.14 bits per heavy atom. The van der Waals surface area contributed by atoms with Crippen LogP contribution >= 0.6 is 0 Å². The van der Waals surface area contributed by atoms with Gasteiger partial charge in [-0.05, 0) is 37.8 Å². The second-order valence-corrected chi connectivity index (χ2v) is 8.35. The van der Waals surface area contributed by atoms with Crippen LogP contribution in [0.15, 0.2) is 24.3 Å². The van der Waals surface area contributed by atoms with Gasteiger partial charge in [-0.2, -0.15) is 0 Å². The van der Waals surface area contributed by atoms with Gasteiger partial charge in [0.15, 0.2) is 0 Å². The molecule has 0 aliphatic heterocycles. The van der Waals surface area contributed by atoms with Crippen LogP contribution < -0.4 is 5.32 Å². The number of aromatic nitrogens is 1. The maximum Gasteiger partial charge on any atom is 0.148 e. The van der Waals surface area contributed by atoms with Crippen molar-refractivity contribution >= 4 is 20.7 Å². The van der Waals surface area contributed by atoms with Crippen LogP contribution in [0.4, 0.5) is 0 Å². The second kappa shape index (κ2) is 5.46. The molecule has 3 rings (SSSR count). The molecule has 1 aliphatic rings. The van der Waals surface area contributed by atoms with Gasteiger partial charge in [-0.1, -0.05) is 18.2 Å². The lowest BCUT2D eigenvalue weighted by atomic mass is 9.91. The van der Waals surface area contributed by atoms with Crippen LogP contribution in [-0.2, 0) is 16.3 Å². The number of aryl methyl sites for hydroxylation is 1. The Morgan fingerprint density at radius 1 is 1.38 bits per heavy atom. The first kappa shape index (κ1) is 14.6. The molecule has 0 spiro atoms. The highest BCUT2D eigenvalue weighted by Crippen LogP contribution is 2.34. The van der Waals surface area contributed by atoms with E-state index < -0.39 is 9.84 Å². The van der Waals surface area contributed by atoms with Gasteiger partial charge in [0, 0.05) is 34.9 Å². The van der Waals surface area contributed by atoms with Crippen molar-refractivity contribution in [1.82, 2.24) is 10.3 Å². The van der Waals surface area contributed by atoms with E-state index in [4.69, 9.17) is 0 Å². The number of hydrogen-bond donors (Lipinski definition) is 2. The molecule has 0 amide bonds. The van der Waals surface area contributed by atoms with Crippen LogP contribution in [0.25, 0.3) is 10.9 Å². The number of aromatic amines is 1. The van der Waals surface area contributed by atoms with E-state index in [1.54, 1.807) is 0 Å². The molecule has 5 heteroatoms. The van der Waals surface area contributed by atoms with Crippen LogP contribution in [0.3, 0.4) is 0 Å². The number of para-hydroxylation sites is 1. The summed E-state index contributed by atoms with van der Waals surface area (Å²) >= 11 is 0. The molecule has 1 aliphatic carbocycles. The molecule has 1 heterocycles. The van der Waals surface area contributed by atoms with Gasteiger partial charge >= 0.3 is 0 Å². The largest absolute Gasteiger partial charge is 0.357 e. The Kier molecular flexibility index (Phi) is 3.80. The normalized spacial score (nSPS) is 20.4. The number of rotatable bonds is 4. The summed E-state index contributed by atoms with van der Waals surface area (Å²) < 4.78 is 22.8. The maximum atomic E-state index is 11.4. The minimum Gasteiger partial charge on any atom is -0.357 e. The van der Waals surface area contributed by atoms with Gasteiger partial charge in [0.25, 0.3) is 0 Å². The molecule has 114 valence electrons. The molecule has 1 aromatic carbocycles. The molecule has 4 nitrogen and oxygen atoms in total. The third kappa shape index (κ3) is 3.14. The molecule has 0 saturated heterocycles. The van der Waals surface area contributed by atoms with E-state index in [1.807, 2.05) is 13.0 Å². The van der Waals surface area contributed by atoms with Gasteiger partial charge in [-0.3, -0.25) is 0 Å². The van der Waals surface area contributed by atoms with Crippen molar-refractivity contribution in [3.05, 3.63) is 35.5 Å². The Hall–Kier alpha value is -1.33. The summed E-state index contributed by atoms with van der Waals surface area (Å²) in [7, 11) is -2.95. The highest BCUT2D eigenvalue weighted by atomic mass is 32.2. The van der Waals surface area contributed by atoms with Crippen molar-refractivity contribution in [3.8, 4) is 0 Å². The number of H-pyrrole nitrogens is 1. The summed E-state index contributed by atoms with van der Waals surface area (Å²) in [6.45, 7) is 1.94. The van der Waals surface area contributed by atoms with Crippen LogP contribution in [0.1, 0.15) is 37.1 Å². The summed E-state index contributed by atoms with van der Waals surface area (Å²) in [5, 5.41) is 4.78. The number of benzene rings is 1. The summed E-state index contributed by atoms with van der Waals surface area (Å²) in [5.74, 6) is 0.180. The Morgan fingerprint density at radius 3 is 2.90 bits per heavy atom. The molecule has 2 N–H and O–H groups in total. The topological polar surface area (TPSA) is 62.0 Å². The van der Waals surface area contributed by atoms with E-state index >= 15 is 0 Å². The van der Waals surface area contributed by atoms with Crippen LogP contribution in [0.2, 0.25) is 0 Å². The van der Waals surface area contributed by atoms with Crippen LogP contribution in [0, 0.1) is 0 Å². The molecule has 2 aromatic rings. The monoisotopic (exact) mass is 306 g/mol. The number of sulfone groups is 1. The molecule has 1 aromatic heterocycles. The zero-order chi connectivity index (χ0) is 15.0. The summed E-state index contributed by atoms with van der Waals surface area (Å²) in [5.41, 5.74) is 3.80. The van der Waals surface area contributed by atoms with Gasteiger partial charge in [0.2, 0.25) is 0 Å². The fourth-order valence-electron chi connectivity index (χ4n) is 3.43. The molecular weight excluding hydrogens is 284 g/mol. The average molecular weight is 306 g/mol.